The first kappa shape index (κ1) is 18.2. The standard InChI is InChI=1S/C21H21F3N2/c1-14-6-4-9-19(15(14)2)16(3)20-25-10-11-26(20)13-17-7-5-8-18(12-17)21(22,23)24/h4-12,16H,13H2,1-3H3/t16-/m0/s1. The molecule has 0 saturated carbocycles. The van der Waals surface area contributed by atoms with E-state index in [-0.39, 0.29) is 5.92 Å². The van der Waals surface area contributed by atoms with E-state index >= 15 is 0 Å². The summed E-state index contributed by atoms with van der Waals surface area (Å²) in [7, 11) is 0. The molecule has 0 bridgehead atoms. The van der Waals surface area contributed by atoms with Gasteiger partial charge in [0.05, 0.1) is 5.56 Å². The third-order valence-corrected chi connectivity index (χ3v) is 4.86. The lowest BCUT2D eigenvalue weighted by Gasteiger charge is -2.18. The molecular weight excluding hydrogens is 337 g/mol. The first-order chi connectivity index (χ1) is 12.3. The lowest BCUT2D eigenvalue weighted by atomic mass is 9.93. The van der Waals surface area contributed by atoms with Crippen molar-refractivity contribution in [3.63, 3.8) is 0 Å². The fourth-order valence-electron chi connectivity index (χ4n) is 3.26. The van der Waals surface area contributed by atoms with Crippen LogP contribution >= 0.6 is 0 Å². The van der Waals surface area contributed by atoms with Crippen LogP contribution in [-0.4, -0.2) is 9.55 Å². The van der Waals surface area contributed by atoms with Gasteiger partial charge in [-0.05, 0) is 48.2 Å². The normalized spacial score (nSPS) is 13.0. The third-order valence-electron chi connectivity index (χ3n) is 4.86. The van der Waals surface area contributed by atoms with Crippen molar-refractivity contribution in [2.75, 3.05) is 0 Å². The Bertz CT molecular complexity index is 910. The number of aryl methyl sites for hydroxylation is 1. The summed E-state index contributed by atoms with van der Waals surface area (Å²) in [5.74, 6) is 0.895. The Morgan fingerprint density at radius 1 is 1.08 bits per heavy atom. The van der Waals surface area contributed by atoms with Crippen molar-refractivity contribution in [2.24, 2.45) is 0 Å². The largest absolute Gasteiger partial charge is 0.416 e. The summed E-state index contributed by atoms with van der Waals surface area (Å²) in [6, 6.07) is 11.6. The molecule has 0 saturated heterocycles. The van der Waals surface area contributed by atoms with E-state index in [0.29, 0.717) is 12.1 Å². The molecule has 0 aliphatic rings. The van der Waals surface area contributed by atoms with Crippen molar-refractivity contribution >= 4 is 0 Å². The first-order valence-corrected chi connectivity index (χ1v) is 8.50. The van der Waals surface area contributed by atoms with E-state index in [4.69, 9.17) is 0 Å². The minimum Gasteiger partial charge on any atom is -0.330 e. The smallest absolute Gasteiger partial charge is 0.330 e. The average molecular weight is 358 g/mol. The Kier molecular flexibility index (Phi) is 4.90. The number of benzene rings is 2. The zero-order valence-electron chi connectivity index (χ0n) is 15.0. The van der Waals surface area contributed by atoms with Gasteiger partial charge in [0.25, 0.3) is 0 Å². The van der Waals surface area contributed by atoms with Crippen LogP contribution in [0.1, 0.15) is 46.5 Å². The molecule has 0 amide bonds. The van der Waals surface area contributed by atoms with Gasteiger partial charge in [-0.1, -0.05) is 37.3 Å². The summed E-state index contributed by atoms with van der Waals surface area (Å²) >= 11 is 0. The minimum atomic E-state index is -4.33. The molecule has 136 valence electrons. The molecule has 0 spiro atoms. The molecule has 1 atom stereocenters. The number of imidazole rings is 1. The number of alkyl halides is 3. The van der Waals surface area contributed by atoms with E-state index < -0.39 is 11.7 Å². The fraction of sp³-hybridized carbons (Fsp3) is 0.286. The average Bonchev–Trinajstić information content (AvgIpc) is 3.04. The summed E-state index contributed by atoms with van der Waals surface area (Å²) in [6.45, 7) is 6.59. The molecule has 0 aliphatic heterocycles. The number of aromatic nitrogens is 2. The van der Waals surface area contributed by atoms with E-state index in [1.54, 1.807) is 12.3 Å². The molecule has 3 rings (SSSR count). The second kappa shape index (κ2) is 6.98. The van der Waals surface area contributed by atoms with Gasteiger partial charge in [0.2, 0.25) is 0 Å². The van der Waals surface area contributed by atoms with Gasteiger partial charge in [-0.3, -0.25) is 0 Å². The first-order valence-electron chi connectivity index (χ1n) is 8.50. The van der Waals surface area contributed by atoms with Crippen LogP contribution in [0.2, 0.25) is 0 Å². The minimum absolute atomic E-state index is 0.0516. The van der Waals surface area contributed by atoms with Crippen LogP contribution in [0.4, 0.5) is 13.2 Å². The summed E-state index contributed by atoms with van der Waals surface area (Å²) in [4.78, 5) is 4.47. The second-order valence-electron chi connectivity index (χ2n) is 6.62. The molecule has 0 aliphatic carbocycles. The Labute approximate surface area is 151 Å². The number of hydrogen-bond donors (Lipinski definition) is 0. The van der Waals surface area contributed by atoms with Crippen LogP contribution in [0.5, 0.6) is 0 Å². The summed E-state index contributed by atoms with van der Waals surface area (Å²) in [6.07, 6.45) is -0.818. The van der Waals surface area contributed by atoms with Crippen LogP contribution in [0.25, 0.3) is 0 Å². The van der Waals surface area contributed by atoms with Crippen LogP contribution in [0.3, 0.4) is 0 Å². The van der Waals surface area contributed by atoms with Crippen LogP contribution < -0.4 is 0 Å². The highest BCUT2D eigenvalue weighted by Gasteiger charge is 2.30. The molecule has 0 radical (unpaired) electrons. The maximum atomic E-state index is 12.9. The van der Waals surface area contributed by atoms with Crippen molar-refractivity contribution in [3.05, 3.63) is 88.5 Å². The van der Waals surface area contributed by atoms with Gasteiger partial charge >= 0.3 is 6.18 Å². The zero-order valence-corrected chi connectivity index (χ0v) is 15.0. The Balaban J connectivity index is 1.91. The predicted octanol–water partition coefficient (Wildman–Crippen LogP) is 5.72. The van der Waals surface area contributed by atoms with Gasteiger partial charge < -0.3 is 4.57 Å². The van der Waals surface area contributed by atoms with Crippen LogP contribution in [0.15, 0.2) is 54.9 Å². The lowest BCUT2D eigenvalue weighted by Crippen LogP contribution is -2.11. The van der Waals surface area contributed by atoms with Gasteiger partial charge in [0.1, 0.15) is 5.82 Å². The summed E-state index contributed by atoms with van der Waals surface area (Å²) < 4.78 is 40.7. The van der Waals surface area contributed by atoms with E-state index in [0.717, 1.165) is 11.9 Å². The molecule has 0 fully saturated rings. The van der Waals surface area contributed by atoms with E-state index in [2.05, 4.69) is 37.9 Å². The number of hydrogen-bond acceptors (Lipinski definition) is 1. The van der Waals surface area contributed by atoms with E-state index in [1.165, 1.54) is 28.8 Å². The predicted molar refractivity (Wildman–Crippen MR) is 96.2 cm³/mol. The van der Waals surface area contributed by atoms with Crippen LogP contribution in [-0.2, 0) is 12.7 Å². The molecule has 2 nitrogen and oxygen atoms in total. The summed E-state index contributed by atoms with van der Waals surface area (Å²) in [5.41, 5.74) is 3.59. The second-order valence-corrected chi connectivity index (χ2v) is 6.62. The van der Waals surface area contributed by atoms with Gasteiger partial charge in [-0.25, -0.2) is 4.98 Å². The van der Waals surface area contributed by atoms with Crippen molar-refractivity contribution in [1.82, 2.24) is 9.55 Å². The molecule has 0 unspecified atom stereocenters. The third kappa shape index (κ3) is 3.66. The molecule has 26 heavy (non-hydrogen) atoms. The highest BCUT2D eigenvalue weighted by molar-refractivity contribution is 5.38. The highest BCUT2D eigenvalue weighted by Crippen LogP contribution is 2.31. The maximum Gasteiger partial charge on any atom is 0.416 e. The van der Waals surface area contributed by atoms with E-state index in [9.17, 15) is 13.2 Å². The van der Waals surface area contributed by atoms with Gasteiger partial charge in [0.15, 0.2) is 0 Å². The van der Waals surface area contributed by atoms with Crippen molar-refractivity contribution in [2.45, 2.75) is 39.4 Å². The van der Waals surface area contributed by atoms with Gasteiger partial charge in [0, 0.05) is 24.9 Å². The number of halogens is 3. The van der Waals surface area contributed by atoms with Crippen molar-refractivity contribution < 1.29 is 13.2 Å². The molecule has 1 heterocycles. The molecule has 5 heteroatoms. The Hall–Kier alpha value is -2.56. The van der Waals surface area contributed by atoms with Gasteiger partial charge in [-0.2, -0.15) is 13.2 Å². The molecule has 0 N–H and O–H groups in total. The molecule has 1 aromatic heterocycles. The van der Waals surface area contributed by atoms with Crippen molar-refractivity contribution in [3.8, 4) is 0 Å². The molecule has 2 aromatic carbocycles. The maximum absolute atomic E-state index is 12.9. The Morgan fingerprint density at radius 3 is 2.54 bits per heavy atom. The number of nitrogens with zero attached hydrogens (tertiary/aromatic N) is 2. The lowest BCUT2D eigenvalue weighted by molar-refractivity contribution is -0.137. The fourth-order valence-corrected chi connectivity index (χ4v) is 3.26. The van der Waals surface area contributed by atoms with Gasteiger partial charge in [-0.15, -0.1) is 0 Å². The zero-order chi connectivity index (χ0) is 18.9. The van der Waals surface area contributed by atoms with Crippen molar-refractivity contribution in [1.29, 1.82) is 0 Å². The SMILES string of the molecule is Cc1cccc([C@H](C)c2nccn2Cc2cccc(C(F)(F)F)c2)c1C. The Morgan fingerprint density at radius 2 is 1.81 bits per heavy atom. The molecular formula is C21H21F3N2. The molecule has 3 aromatic rings. The quantitative estimate of drug-likeness (QED) is 0.583. The highest BCUT2D eigenvalue weighted by atomic mass is 19.4. The van der Waals surface area contributed by atoms with E-state index in [1.807, 2.05) is 16.8 Å². The monoisotopic (exact) mass is 358 g/mol. The summed E-state index contributed by atoms with van der Waals surface area (Å²) in [5, 5.41) is 0. The number of rotatable bonds is 4. The van der Waals surface area contributed by atoms with Crippen LogP contribution in [0, 0.1) is 13.8 Å². The topological polar surface area (TPSA) is 17.8 Å².